The van der Waals surface area contributed by atoms with Crippen molar-refractivity contribution in [2.45, 2.75) is 37.0 Å². The number of piperidine rings is 1. The van der Waals surface area contributed by atoms with Crippen LogP contribution in [0.4, 0.5) is 5.95 Å². The lowest BCUT2D eigenvalue weighted by Gasteiger charge is -2.31. The quantitative estimate of drug-likeness (QED) is 0.478. The predicted octanol–water partition coefficient (Wildman–Crippen LogP) is 3.04. The molecule has 1 N–H and O–H groups in total. The SMILES string of the molecule is N#Cc1cnc(NC2CCN(S(=O)(=O)C3CC3)CC2)nc1-c1cnn(-c2ccc(C=O)cc2Cl)c1. The maximum atomic E-state index is 12.5. The van der Waals surface area contributed by atoms with Crippen LogP contribution in [-0.4, -0.2) is 63.1 Å². The van der Waals surface area contributed by atoms with Crippen molar-refractivity contribution < 1.29 is 13.2 Å². The summed E-state index contributed by atoms with van der Waals surface area (Å²) in [4.78, 5) is 19.8. The first-order chi connectivity index (χ1) is 16.9. The first kappa shape index (κ1) is 23.4. The predicted molar refractivity (Wildman–Crippen MR) is 130 cm³/mol. The minimum atomic E-state index is -3.16. The first-order valence-corrected chi connectivity index (χ1v) is 13.1. The van der Waals surface area contributed by atoms with E-state index in [1.807, 2.05) is 0 Å². The molecule has 0 spiro atoms. The van der Waals surface area contributed by atoms with Crippen LogP contribution >= 0.6 is 11.6 Å². The third-order valence-corrected chi connectivity index (χ3v) is 8.91. The molecular weight excluding hydrogens is 490 g/mol. The summed E-state index contributed by atoms with van der Waals surface area (Å²) in [6.45, 7) is 0.937. The maximum absolute atomic E-state index is 12.5. The Morgan fingerprint density at radius 1 is 1.17 bits per heavy atom. The summed E-state index contributed by atoms with van der Waals surface area (Å²) in [6.07, 6.45) is 8.28. The van der Waals surface area contributed by atoms with Crippen molar-refractivity contribution in [3.05, 3.63) is 52.9 Å². The highest BCUT2D eigenvalue weighted by atomic mass is 35.5. The van der Waals surface area contributed by atoms with Gasteiger partial charge in [-0.05, 0) is 43.9 Å². The standard InChI is InChI=1S/C23H22ClN7O3S/c24-20-9-15(14-32)1-4-21(20)31-13-17(12-27-31)22-16(10-25)11-26-23(29-22)28-18-5-7-30(8-6-18)35(33,34)19-2-3-19/h1,4,9,11-14,18-19H,2-3,5-8H2,(H,26,28,29). The molecule has 1 saturated carbocycles. The van der Waals surface area contributed by atoms with Gasteiger partial charge in [-0.1, -0.05) is 11.6 Å². The number of nitrogens with zero attached hydrogens (tertiary/aromatic N) is 6. The molecule has 5 rings (SSSR count). The van der Waals surface area contributed by atoms with E-state index in [1.54, 1.807) is 39.6 Å². The number of sulfonamides is 1. The number of carbonyl (C=O) groups is 1. The molecule has 1 aromatic carbocycles. The third-order valence-electron chi connectivity index (χ3n) is 6.21. The van der Waals surface area contributed by atoms with Gasteiger partial charge in [0.05, 0.1) is 39.6 Å². The number of aromatic nitrogens is 4. The minimum Gasteiger partial charge on any atom is -0.351 e. The molecule has 180 valence electrons. The van der Waals surface area contributed by atoms with Crippen LogP contribution in [0.15, 0.2) is 36.8 Å². The molecule has 0 unspecified atom stereocenters. The summed E-state index contributed by atoms with van der Waals surface area (Å²) in [7, 11) is -3.16. The number of nitriles is 1. The number of benzene rings is 1. The van der Waals surface area contributed by atoms with Crippen molar-refractivity contribution >= 4 is 33.9 Å². The normalized spacial score (nSPS) is 17.1. The van der Waals surface area contributed by atoms with Crippen LogP contribution in [0.1, 0.15) is 41.6 Å². The molecule has 2 fully saturated rings. The van der Waals surface area contributed by atoms with Gasteiger partial charge in [0.1, 0.15) is 12.4 Å². The molecule has 12 heteroatoms. The van der Waals surface area contributed by atoms with Gasteiger partial charge in [-0.3, -0.25) is 4.79 Å². The van der Waals surface area contributed by atoms with Crippen molar-refractivity contribution in [3.8, 4) is 23.0 Å². The Morgan fingerprint density at radius 3 is 2.60 bits per heavy atom. The fraction of sp³-hybridized carbons (Fsp3) is 0.348. The largest absolute Gasteiger partial charge is 0.351 e. The molecular formula is C23H22ClN7O3S. The second-order valence-electron chi connectivity index (χ2n) is 8.63. The second kappa shape index (κ2) is 9.37. The monoisotopic (exact) mass is 511 g/mol. The molecule has 10 nitrogen and oxygen atoms in total. The average Bonchev–Trinajstić information content (AvgIpc) is 3.63. The Kier molecular flexibility index (Phi) is 6.27. The maximum Gasteiger partial charge on any atom is 0.223 e. The molecule has 35 heavy (non-hydrogen) atoms. The van der Waals surface area contributed by atoms with Crippen LogP contribution in [0.25, 0.3) is 16.9 Å². The number of halogens is 1. The highest BCUT2D eigenvalue weighted by Crippen LogP contribution is 2.33. The van der Waals surface area contributed by atoms with Crippen LogP contribution < -0.4 is 5.32 Å². The zero-order chi connectivity index (χ0) is 24.6. The summed E-state index contributed by atoms with van der Waals surface area (Å²) in [5.74, 6) is 0.364. The average molecular weight is 512 g/mol. The lowest BCUT2D eigenvalue weighted by molar-refractivity contribution is 0.112. The van der Waals surface area contributed by atoms with E-state index >= 15 is 0 Å². The van der Waals surface area contributed by atoms with Gasteiger partial charge in [-0.2, -0.15) is 10.4 Å². The molecule has 2 aromatic heterocycles. The summed E-state index contributed by atoms with van der Waals surface area (Å²) in [6, 6.07) is 7.03. The summed E-state index contributed by atoms with van der Waals surface area (Å²) < 4.78 is 28.1. The second-order valence-corrected chi connectivity index (χ2v) is 11.3. The van der Waals surface area contributed by atoms with Crippen LogP contribution in [0.3, 0.4) is 0 Å². The Balaban J connectivity index is 1.33. The molecule has 0 atom stereocenters. The van der Waals surface area contributed by atoms with Crippen LogP contribution in [-0.2, 0) is 10.0 Å². The van der Waals surface area contributed by atoms with E-state index in [0.29, 0.717) is 71.3 Å². The van der Waals surface area contributed by atoms with Crippen molar-refractivity contribution in [2.75, 3.05) is 18.4 Å². The van der Waals surface area contributed by atoms with Gasteiger partial charge >= 0.3 is 0 Å². The van der Waals surface area contributed by atoms with Crippen LogP contribution in [0, 0.1) is 11.3 Å². The topological polar surface area (TPSA) is 134 Å². The molecule has 1 saturated heterocycles. The fourth-order valence-corrected chi connectivity index (χ4v) is 6.28. The molecule has 0 bridgehead atoms. The Labute approximate surface area is 207 Å². The summed E-state index contributed by atoms with van der Waals surface area (Å²) >= 11 is 6.30. The third kappa shape index (κ3) is 4.77. The van der Waals surface area contributed by atoms with E-state index in [-0.39, 0.29) is 11.3 Å². The highest BCUT2D eigenvalue weighted by Gasteiger charge is 2.41. The Hall–Kier alpha value is -3.33. The van der Waals surface area contributed by atoms with E-state index < -0.39 is 10.0 Å². The van der Waals surface area contributed by atoms with E-state index in [4.69, 9.17) is 11.6 Å². The van der Waals surface area contributed by atoms with E-state index in [1.165, 1.54) is 6.20 Å². The number of hydrogen-bond donors (Lipinski definition) is 1. The van der Waals surface area contributed by atoms with Gasteiger partial charge in [0.2, 0.25) is 16.0 Å². The van der Waals surface area contributed by atoms with E-state index in [0.717, 1.165) is 12.8 Å². The smallest absolute Gasteiger partial charge is 0.223 e. The highest BCUT2D eigenvalue weighted by molar-refractivity contribution is 7.90. The number of anilines is 1. The van der Waals surface area contributed by atoms with E-state index in [9.17, 15) is 18.5 Å². The number of carbonyl (C=O) groups excluding carboxylic acids is 1. The van der Waals surface area contributed by atoms with Crippen LogP contribution in [0.5, 0.6) is 0 Å². The number of nitrogens with one attached hydrogen (secondary N) is 1. The lowest BCUT2D eigenvalue weighted by Crippen LogP contribution is -2.43. The molecule has 0 amide bonds. The van der Waals surface area contributed by atoms with Crippen molar-refractivity contribution in [1.82, 2.24) is 24.1 Å². The Morgan fingerprint density at radius 2 is 1.94 bits per heavy atom. The van der Waals surface area contributed by atoms with Gasteiger partial charge in [0.15, 0.2) is 0 Å². The molecule has 0 radical (unpaired) electrons. The molecule has 1 aliphatic heterocycles. The summed E-state index contributed by atoms with van der Waals surface area (Å²) in [5, 5.41) is 17.4. The first-order valence-electron chi connectivity index (χ1n) is 11.2. The molecule has 3 heterocycles. The zero-order valence-corrected chi connectivity index (χ0v) is 20.2. The van der Waals surface area contributed by atoms with Gasteiger partial charge < -0.3 is 5.32 Å². The van der Waals surface area contributed by atoms with Crippen LogP contribution in [0.2, 0.25) is 5.02 Å². The van der Waals surface area contributed by atoms with Gasteiger partial charge in [-0.25, -0.2) is 27.4 Å². The van der Waals surface area contributed by atoms with Crippen molar-refractivity contribution in [1.29, 1.82) is 5.26 Å². The Bertz CT molecular complexity index is 1420. The minimum absolute atomic E-state index is 0.0271. The molecule has 3 aromatic rings. The fourth-order valence-electron chi connectivity index (χ4n) is 4.13. The van der Waals surface area contributed by atoms with Gasteiger partial charge in [-0.15, -0.1) is 0 Å². The molecule has 1 aliphatic carbocycles. The number of aldehydes is 1. The zero-order valence-electron chi connectivity index (χ0n) is 18.6. The van der Waals surface area contributed by atoms with E-state index in [2.05, 4.69) is 26.5 Å². The van der Waals surface area contributed by atoms with Gasteiger partial charge in [0.25, 0.3) is 0 Å². The van der Waals surface area contributed by atoms with Gasteiger partial charge in [0, 0.05) is 36.5 Å². The van der Waals surface area contributed by atoms with Crippen molar-refractivity contribution in [2.24, 2.45) is 0 Å². The van der Waals surface area contributed by atoms with Crippen molar-refractivity contribution in [3.63, 3.8) is 0 Å². The summed E-state index contributed by atoms with van der Waals surface area (Å²) in [5.41, 5.74) is 2.36. The number of rotatable bonds is 7. The molecule has 2 aliphatic rings. The number of hydrogen-bond acceptors (Lipinski definition) is 8. The lowest BCUT2D eigenvalue weighted by atomic mass is 10.1.